The van der Waals surface area contributed by atoms with Crippen LogP contribution in [0.15, 0.2) is 41.4 Å². The molecule has 3 N–H and O–H groups in total. The summed E-state index contributed by atoms with van der Waals surface area (Å²) < 4.78 is 53.0. The molecular weight excluding hydrogens is 364 g/mol. The number of anilines is 2. The van der Waals surface area contributed by atoms with Gasteiger partial charge in [-0.1, -0.05) is 12.8 Å². The van der Waals surface area contributed by atoms with Crippen molar-refractivity contribution in [1.29, 1.82) is 0 Å². The summed E-state index contributed by atoms with van der Waals surface area (Å²) in [5.41, 5.74) is -0.0866. The number of hydrogen-bond donors (Lipinski definition) is 3. The molecular formula is C17H19F2N3O3S. The molecule has 0 saturated heterocycles. The van der Waals surface area contributed by atoms with Crippen LogP contribution in [0.25, 0.3) is 0 Å². The van der Waals surface area contributed by atoms with Gasteiger partial charge in [-0.15, -0.1) is 0 Å². The van der Waals surface area contributed by atoms with Gasteiger partial charge in [0.05, 0.1) is 17.8 Å². The third-order valence-corrected chi connectivity index (χ3v) is 5.65. The van der Waals surface area contributed by atoms with E-state index < -0.39 is 27.8 Å². The van der Waals surface area contributed by atoms with Crippen molar-refractivity contribution in [2.75, 3.05) is 10.0 Å². The number of pyridine rings is 1. The molecule has 3 rings (SSSR count). The molecule has 1 fully saturated rings. The lowest BCUT2D eigenvalue weighted by atomic mass is 9.92. The van der Waals surface area contributed by atoms with E-state index in [0.717, 1.165) is 43.9 Å². The van der Waals surface area contributed by atoms with Crippen LogP contribution in [-0.2, 0) is 10.0 Å². The van der Waals surface area contributed by atoms with Gasteiger partial charge in [-0.2, -0.15) is 0 Å². The Morgan fingerprint density at radius 3 is 2.50 bits per heavy atom. The first-order valence-electron chi connectivity index (χ1n) is 8.24. The van der Waals surface area contributed by atoms with Crippen molar-refractivity contribution in [2.24, 2.45) is 0 Å². The number of aliphatic hydroxyl groups excluding tert-OH is 1. The number of nitrogens with one attached hydrogen (secondary N) is 2. The minimum atomic E-state index is -3.98. The lowest BCUT2D eigenvalue weighted by Crippen LogP contribution is -2.36. The van der Waals surface area contributed by atoms with Crippen molar-refractivity contribution < 1.29 is 22.3 Å². The summed E-state index contributed by atoms with van der Waals surface area (Å²) in [5.74, 6) is -1.74. The molecule has 1 aliphatic rings. The van der Waals surface area contributed by atoms with Crippen LogP contribution in [0.2, 0.25) is 0 Å². The minimum absolute atomic E-state index is 0.0866. The fraction of sp³-hybridized carbons (Fsp3) is 0.353. The average molecular weight is 383 g/mol. The molecule has 2 atom stereocenters. The highest BCUT2D eigenvalue weighted by Gasteiger charge is 2.23. The van der Waals surface area contributed by atoms with Crippen LogP contribution in [-0.4, -0.2) is 30.7 Å². The first-order chi connectivity index (χ1) is 12.3. The summed E-state index contributed by atoms with van der Waals surface area (Å²) in [6.45, 7) is 0. The summed E-state index contributed by atoms with van der Waals surface area (Å²) in [4.78, 5) is 3.96. The van der Waals surface area contributed by atoms with Crippen molar-refractivity contribution in [3.8, 4) is 0 Å². The van der Waals surface area contributed by atoms with Crippen LogP contribution < -0.4 is 10.0 Å². The highest BCUT2D eigenvalue weighted by atomic mass is 32.2. The molecule has 2 aromatic rings. The number of aliphatic hydroxyl groups is 1. The molecule has 0 aliphatic heterocycles. The van der Waals surface area contributed by atoms with Crippen molar-refractivity contribution in [2.45, 2.75) is 42.7 Å². The number of hydrogen-bond acceptors (Lipinski definition) is 5. The Kier molecular flexibility index (Phi) is 5.38. The van der Waals surface area contributed by atoms with Gasteiger partial charge in [0, 0.05) is 12.3 Å². The van der Waals surface area contributed by atoms with Gasteiger partial charge < -0.3 is 10.4 Å². The Morgan fingerprint density at radius 1 is 1.08 bits per heavy atom. The predicted molar refractivity (Wildman–Crippen MR) is 93.3 cm³/mol. The maximum Gasteiger partial charge on any atom is 0.263 e. The molecule has 1 saturated carbocycles. The Balaban J connectivity index is 1.71. The predicted octanol–water partition coefficient (Wildman–Crippen LogP) is 2.88. The maximum atomic E-state index is 13.2. The molecule has 2 unspecified atom stereocenters. The van der Waals surface area contributed by atoms with Crippen LogP contribution in [0.3, 0.4) is 0 Å². The number of halogens is 2. The van der Waals surface area contributed by atoms with Gasteiger partial charge in [0.2, 0.25) is 0 Å². The zero-order valence-corrected chi connectivity index (χ0v) is 14.6. The van der Waals surface area contributed by atoms with E-state index in [2.05, 4.69) is 15.0 Å². The molecule has 0 amide bonds. The van der Waals surface area contributed by atoms with Gasteiger partial charge in [0.1, 0.15) is 10.7 Å². The second-order valence-corrected chi connectivity index (χ2v) is 7.90. The molecule has 0 spiro atoms. The second kappa shape index (κ2) is 7.55. The number of benzene rings is 1. The Labute approximate surface area is 150 Å². The van der Waals surface area contributed by atoms with Crippen molar-refractivity contribution in [3.05, 3.63) is 48.2 Å². The van der Waals surface area contributed by atoms with Crippen molar-refractivity contribution in [1.82, 2.24) is 4.98 Å². The van der Waals surface area contributed by atoms with Gasteiger partial charge >= 0.3 is 0 Å². The fourth-order valence-electron chi connectivity index (χ4n) is 2.87. The van der Waals surface area contributed by atoms with E-state index in [-0.39, 0.29) is 16.6 Å². The molecule has 0 radical (unpaired) electrons. The molecule has 9 heteroatoms. The highest BCUT2D eigenvalue weighted by Crippen LogP contribution is 2.23. The number of rotatable bonds is 5. The quantitative estimate of drug-likeness (QED) is 0.739. The molecule has 0 bridgehead atoms. The van der Waals surface area contributed by atoms with Gasteiger partial charge in [0.15, 0.2) is 11.6 Å². The van der Waals surface area contributed by atoms with Gasteiger partial charge in [0.25, 0.3) is 10.0 Å². The van der Waals surface area contributed by atoms with E-state index in [9.17, 15) is 22.3 Å². The molecule has 26 heavy (non-hydrogen) atoms. The molecule has 140 valence electrons. The summed E-state index contributed by atoms with van der Waals surface area (Å²) in [6.07, 6.45) is 4.26. The van der Waals surface area contributed by atoms with Crippen LogP contribution in [0, 0.1) is 11.6 Å². The largest absolute Gasteiger partial charge is 0.391 e. The molecule has 1 aromatic heterocycles. The lowest BCUT2D eigenvalue weighted by molar-refractivity contribution is 0.116. The smallest absolute Gasteiger partial charge is 0.263 e. The monoisotopic (exact) mass is 383 g/mol. The van der Waals surface area contributed by atoms with Crippen LogP contribution in [0.1, 0.15) is 25.7 Å². The first kappa shape index (κ1) is 18.5. The molecule has 1 aromatic carbocycles. The third-order valence-electron chi connectivity index (χ3n) is 4.28. The first-order valence-corrected chi connectivity index (χ1v) is 9.72. The number of aromatic nitrogens is 1. The van der Waals surface area contributed by atoms with E-state index >= 15 is 0 Å². The summed E-state index contributed by atoms with van der Waals surface area (Å²) >= 11 is 0. The summed E-state index contributed by atoms with van der Waals surface area (Å²) in [7, 11) is -3.98. The Bertz CT molecular complexity index is 875. The third kappa shape index (κ3) is 4.28. The summed E-state index contributed by atoms with van der Waals surface area (Å²) in [6, 6.07) is 5.48. The Hall–Kier alpha value is -2.26. The van der Waals surface area contributed by atoms with Gasteiger partial charge in [-0.25, -0.2) is 22.2 Å². The van der Waals surface area contributed by atoms with E-state index in [1.54, 1.807) is 0 Å². The highest BCUT2D eigenvalue weighted by molar-refractivity contribution is 7.92. The molecule has 6 nitrogen and oxygen atoms in total. The standard InChI is InChI=1S/C17H19F2N3O3S/c18-13-7-5-11(9-14(13)19)22-26(24,25)12-6-8-17(20-10-12)21-15-3-1-2-4-16(15)23/h5-10,15-16,22-23H,1-4H2,(H,20,21). The van der Waals surface area contributed by atoms with Crippen LogP contribution >= 0.6 is 0 Å². The fourth-order valence-corrected chi connectivity index (χ4v) is 3.86. The van der Waals surface area contributed by atoms with E-state index in [1.807, 2.05) is 0 Å². The molecule has 1 aliphatic carbocycles. The maximum absolute atomic E-state index is 13.2. The normalized spacial score (nSPS) is 20.6. The second-order valence-electron chi connectivity index (χ2n) is 6.22. The van der Waals surface area contributed by atoms with Crippen molar-refractivity contribution >= 4 is 21.5 Å². The van der Waals surface area contributed by atoms with Gasteiger partial charge in [-0.05, 0) is 37.1 Å². The average Bonchev–Trinajstić information content (AvgIpc) is 2.60. The topological polar surface area (TPSA) is 91.3 Å². The van der Waals surface area contributed by atoms with Gasteiger partial charge in [-0.3, -0.25) is 4.72 Å². The molecule has 1 heterocycles. The zero-order chi connectivity index (χ0) is 18.7. The van der Waals surface area contributed by atoms with E-state index in [1.165, 1.54) is 18.3 Å². The number of sulfonamides is 1. The van der Waals surface area contributed by atoms with Crippen molar-refractivity contribution in [3.63, 3.8) is 0 Å². The van der Waals surface area contributed by atoms with Crippen LogP contribution in [0.4, 0.5) is 20.3 Å². The lowest BCUT2D eigenvalue weighted by Gasteiger charge is -2.28. The zero-order valence-electron chi connectivity index (χ0n) is 13.8. The SMILES string of the molecule is O=S(=O)(Nc1ccc(F)c(F)c1)c1ccc(NC2CCCCC2O)nc1. The van der Waals surface area contributed by atoms with E-state index in [4.69, 9.17) is 0 Å². The van der Waals surface area contributed by atoms with Crippen LogP contribution in [0.5, 0.6) is 0 Å². The summed E-state index contributed by atoms with van der Waals surface area (Å²) in [5, 5.41) is 13.1. The minimum Gasteiger partial charge on any atom is -0.391 e. The number of nitrogens with zero attached hydrogens (tertiary/aromatic N) is 1. The van der Waals surface area contributed by atoms with E-state index in [0.29, 0.717) is 5.82 Å². The Morgan fingerprint density at radius 2 is 1.85 bits per heavy atom.